The summed E-state index contributed by atoms with van der Waals surface area (Å²) in [5, 5.41) is 9.34. The number of furan rings is 1. The van der Waals surface area contributed by atoms with E-state index in [0.717, 1.165) is 5.69 Å². The first-order chi connectivity index (χ1) is 12.5. The number of halogens is 1. The van der Waals surface area contributed by atoms with Gasteiger partial charge in [-0.05, 0) is 54.0 Å². The van der Waals surface area contributed by atoms with Gasteiger partial charge in [0, 0.05) is 5.69 Å². The van der Waals surface area contributed by atoms with Crippen LogP contribution in [0.15, 0.2) is 45.8 Å². The van der Waals surface area contributed by atoms with Crippen molar-refractivity contribution in [2.75, 3.05) is 11.9 Å². The average molecular weight is 418 g/mol. The fourth-order valence-electron chi connectivity index (χ4n) is 2.41. The van der Waals surface area contributed by atoms with Gasteiger partial charge in [-0.1, -0.05) is 0 Å². The monoisotopic (exact) mass is 417 g/mol. The molecule has 0 spiro atoms. The van der Waals surface area contributed by atoms with Crippen molar-refractivity contribution in [1.82, 2.24) is 20.1 Å². The van der Waals surface area contributed by atoms with Crippen molar-refractivity contribution in [2.24, 2.45) is 0 Å². The minimum atomic E-state index is -0.372. The first-order valence-corrected chi connectivity index (χ1v) is 8.53. The fraction of sp³-hybridized carbons (Fsp3) is 0.176. The van der Waals surface area contributed by atoms with Gasteiger partial charge in [0.15, 0.2) is 0 Å². The molecule has 0 atom stereocenters. The first kappa shape index (κ1) is 17.9. The van der Waals surface area contributed by atoms with Gasteiger partial charge in [-0.15, -0.1) is 0 Å². The number of hydrogen-bond acceptors (Lipinski definition) is 5. The third-order valence-corrected chi connectivity index (χ3v) is 4.61. The second kappa shape index (κ2) is 7.52. The minimum absolute atomic E-state index is 0.153. The Morgan fingerprint density at radius 1 is 1.19 bits per heavy atom. The summed E-state index contributed by atoms with van der Waals surface area (Å²) < 4.78 is 7.60. The van der Waals surface area contributed by atoms with Gasteiger partial charge < -0.3 is 15.1 Å². The van der Waals surface area contributed by atoms with Crippen LogP contribution in [0, 0.1) is 13.8 Å². The maximum Gasteiger partial charge on any atom is 0.256 e. The van der Waals surface area contributed by atoms with E-state index in [1.165, 1.54) is 6.33 Å². The molecule has 2 amide bonds. The zero-order valence-electron chi connectivity index (χ0n) is 14.1. The van der Waals surface area contributed by atoms with Gasteiger partial charge in [0.1, 0.15) is 24.2 Å². The topological polar surface area (TPSA) is 102 Å². The van der Waals surface area contributed by atoms with Gasteiger partial charge in [-0.25, -0.2) is 9.67 Å². The molecule has 2 aromatic heterocycles. The van der Waals surface area contributed by atoms with Gasteiger partial charge in [0.25, 0.3) is 5.91 Å². The second-order valence-corrected chi connectivity index (χ2v) is 6.31. The van der Waals surface area contributed by atoms with E-state index in [1.54, 1.807) is 49.1 Å². The van der Waals surface area contributed by atoms with Crippen molar-refractivity contribution >= 4 is 33.4 Å². The molecular weight excluding hydrogens is 402 g/mol. The molecule has 9 heteroatoms. The van der Waals surface area contributed by atoms with Crippen LogP contribution in [0.5, 0.6) is 0 Å². The lowest BCUT2D eigenvalue weighted by molar-refractivity contribution is -0.115. The molecule has 3 rings (SSSR count). The summed E-state index contributed by atoms with van der Waals surface area (Å²) in [6, 6.07) is 7.10. The van der Waals surface area contributed by atoms with E-state index in [-0.39, 0.29) is 18.4 Å². The van der Waals surface area contributed by atoms with Gasteiger partial charge >= 0.3 is 0 Å². The van der Waals surface area contributed by atoms with E-state index >= 15 is 0 Å². The van der Waals surface area contributed by atoms with Gasteiger partial charge in [0.05, 0.1) is 22.3 Å². The number of rotatable bonds is 5. The summed E-state index contributed by atoms with van der Waals surface area (Å²) >= 11 is 3.32. The summed E-state index contributed by atoms with van der Waals surface area (Å²) in [6.45, 7) is 3.30. The molecule has 0 aliphatic rings. The van der Waals surface area contributed by atoms with Crippen molar-refractivity contribution in [2.45, 2.75) is 13.8 Å². The Morgan fingerprint density at radius 2 is 1.92 bits per heavy atom. The molecular formula is C17H16BrN5O3. The Hall–Kier alpha value is -2.94. The summed E-state index contributed by atoms with van der Waals surface area (Å²) in [7, 11) is 0. The number of carbonyl (C=O) groups is 2. The lowest BCUT2D eigenvalue weighted by Crippen LogP contribution is -2.33. The first-order valence-electron chi connectivity index (χ1n) is 7.74. The van der Waals surface area contributed by atoms with Crippen molar-refractivity contribution in [3.05, 3.63) is 58.5 Å². The molecule has 2 heterocycles. The number of nitrogens with zero attached hydrogens (tertiary/aromatic N) is 3. The lowest BCUT2D eigenvalue weighted by Gasteiger charge is -2.08. The van der Waals surface area contributed by atoms with Crippen LogP contribution in [0.25, 0.3) is 5.69 Å². The second-order valence-electron chi connectivity index (χ2n) is 5.52. The van der Waals surface area contributed by atoms with Crippen molar-refractivity contribution in [1.29, 1.82) is 0 Å². The quantitative estimate of drug-likeness (QED) is 0.663. The molecule has 2 N–H and O–H groups in total. The van der Waals surface area contributed by atoms with Crippen LogP contribution in [0.4, 0.5) is 5.69 Å². The maximum atomic E-state index is 12.2. The summed E-state index contributed by atoms with van der Waals surface area (Å²) in [5.74, 6) is 0.407. The molecule has 0 saturated carbocycles. The molecule has 0 aliphatic carbocycles. The van der Waals surface area contributed by atoms with E-state index in [1.807, 2.05) is 0 Å². The van der Waals surface area contributed by atoms with E-state index in [9.17, 15) is 9.59 Å². The van der Waals surface area contributed by atoms with E-state index in [4.69, 9.17) is 4.42 Å². The van der Waals surface area contributed by atoms with E-state index in [2.05, 4.69) is 36.6 Å². The third-order valence-electron chi connectivity index (χ3n) is 3.66. The Morgan fingerprint density at radius 3 is 2.50 bits per heavy atom. The Balaban J connectivity index is 1.56. The van der Waals surface area contributed by atoms with Crippen LogP contribution >= 0.6 is 15.9 Å². The smallest absolute Gasteiger partial charge is 0.256 e. The largest absolute Gasteiger partial charge is 0.465 e. The Labute approximate surface area is 157 Å². The maximum absolute atomic E-state index is 12.2. The van der Waals surface area contributed by atoms with Crippen molar-refractivity contribution in [3.63, 3.8) is 0 Å². The zero-order chi connectivity index (χ0) is 18.7. The highest BCUT2D eigenvalue weighted by Gasteiger charge is 2.20. The lowest BCUT2D eigenvalue weighted by atomic mass is 10.2. The van der Waals surface area contributed by atoms with E-state index in [0.29, 0.717) is 27.2 Å². The SMILES string of the molecule is Cc1oc(C)c(C(=O)NCC(=O)Nc2ccc(-n3cncn3)cc2)c1Br. The average Bonchev–Trinajstić information content (AvgIpc) is 3.23. The predicted molar refractivity (Wildman–Crippen MR) is 98.2 cm³/mol. The van der Waals surface area contributed by atoms with Gasteiger partial charge in [-0.2, -0.15) is 5.10 Å². The number of amides is 2. The minimum Gasteiger partial charge on any atom is -0.465 e. The number of nitrogens with one attached hydrogen (secondary N) is 2. The molecule has 3 aromatic rings. The van der Waals surface area contributed by atoms with Crippen LogP contribution in [0.3, 0.4) is 0 Å². The Kier molecular flexibility index (Phi) is 5.17. The number of carbonyl (C=O) groups excluding carboxylic acids is 2. The summed E-state index contributed by atoms with van der Waals surface area (Å²) in [4.78, 5) is 28.2. The normalized spacial score (nSPS) is 10.6. The number of anilines is 1. The molecule has 0 aliphatic heterocycles. The molecule has 8 nitrogen and oxygen atoms in total. The summed E-state index contributed by atoms with van der Waals surface area (Å²) in [6.07, 6.45) is 3.03. The fourth-order valence-corrected chi connectivity index (χ4v) is 2.95. The highest BCUT2D eigenvalue weighted by atomic mass is 79.9. The molecule has 0 unspecified atom stereocenters. The molecule has 1 aromatic carbocycles. The number of hydrogen-bond donors (Lipinski definition) is 2. The highest BCUT2D eigenvalue weighted by molar-refractivity contribution is 9.10. The molecule has 0 radical (unpaired) electrons. The third kappa shape index (κ3) is 3.83. The molecule has 0 fully saturated rings. The van der Waals surface area contributed by atoms with Gasteiger partial charge in [-0.3, -0.25) is 9.59 Å². The highest BCUT2D eigenvalue weighted by Crippen LogP contribution is 2.27. The van der Waals surface area contributed by atoms with Crippen LogP contribution in [0.2, 0.25) is 0 Å². The van der Waals surface area contributed by atoms with Crippen LogP contribution in [-0.4, -0.2) is 33.1 Å². The molecule has 26 heavy (non-hydrogen) atoms. The van der Waals surface area contributed by atoms with Crippen molar-refractivity contribution < 1.29 is 14.0 Å². The van der Waals surface area contributed by atoms with Crippen LogP contribution in [0.1, 0.15) is 21.9 Å². The van der Waals surface area contributed by atoms with E-state index < -0.39 is 0 Å². The van der Waals surface area contributed by atoms with Gasteiger partial charge in [0.2, 0.25) is 5.91 Å². The Bertz CT molecular complexity index is 932. The number of benzene rings is 1. The number of aryl methyl sites for hydroxylation is 2. The predicted octanol–water partition coefficient (Wildman–Crippen LogP) is 2.61. The van der Waals surface area contributed by atoms with Crippen LogP contribution < -0.4 is 10.6 Å². The standard InChI is InChI=1S/C17H16BrN5O3/c1-10-15(16(18)11(2)26-10)17(25)20-7-14(24)22-12-3-5-13(6-4-12)23-9-19-8-21-23/h3-6,8-9H,7H2,1-2H3,(H,20,25)(H,22,24). The van der Waals surface area contributed by atoms with Crippen molar-refractivity contribution in [3.8, 4) is 5.69 Å². The molecule has 134 valence electrons. The van der Waals surface area contributed by atoms with Crippen LogP contribution in [-0.2, 0) is 4.79 Å². The summed E-state index contributed by atoms with van der Waals surface area (Å²) in [5.41, 5.74) is 1.83. The molecule has 0 bridgehead atoms. The molecule has 0 saturated heterocycles. The zero-order valence-corrected chi connectivity index (χ0v) is 15.7. The number of aromatic nitrogens is 3.